The summed E-state index contributed by atoms with van der Waals surface area (Å²) < 4.78 is 36.1. The van der Waals surface area contributed by atoms with E-state index >= 15 is 0 Å². The van der Waals surface area contributed by atoms with Gasteiger partial charge in [-0.2, -0.15) is 13.2 Å². The summed E-state index contributed by atoms with van der Waals surface area (Å²) in [6, 6.07) is 0. The highest BCUT2D eigenvalue weighted by atomic mass is 19.4. The second-order valence-electron chi connectivity index (χ2n) is 2.80. The van der Waals surface area contributed by atoms with Crippen molar-refractivity contribution in [1.29, 1.82) is 0 Å². The Morgan fingerprint density at radius 1 is 1.46 bits per heavy atom. The van der Waals surface area contributed by atoms with Gasteiger partial charge in [0.1, 0.15) is 0 Å². The molecule has 2 N–H and O–H groups in total. The standard InChI is InChI=1S/C7H9F3O3/c1-4(2)3-6(13,5(11)12)7(8,9)10/h13H,1,3H2,2H3,(H,11,12). The minimum atomic E-state index is -5.20. The molecule has 1 unspecified atom stereocenters. The summed E-state index contributed by atoms with van der Waals surface area (Å²) in [5.74, 6) is -2.32. The first-order chi connectivity index (χ1) is 5.61. The first kappa shape index (κ1) is 12.0. The average Bonchev–Trinajstić information content (AvgIpc) is 1.82. The van der Waals surface area contributed by atoms with Crippen LogP contribution in [0.15, 0.2) is 12.2 Å². The predicted molar refractivity (Wildman–Crippen MR) is 38.1 cm³/mol. The van der Waals surface area contributed by atoms with Crippen molar-refractivity contribution in [2.75, 3.05) is 0 Å². The van der Waals surface area contributed by atoms with Crippen molar-refractivity contribution in [3.05, 3.63) is 12.2 Å². The highest BCUT2D eigenvalue weighted by molar-refractivity contribution is 5.78. The van der Waals surface area contributed by atoms with Crippen LogP contribution in [-0.2, 0) is 4.79 Å². The highest BCUT2D eigenvalue weighted by Crippen LogP contribution is 2.35. The third kappa shape index (κ3) is 2.45. The Morgan fingerprint density at radius 2 is 1.85 bits per heavy atom. The molecule has 0 fully saturated rings. The van der Waals surface area contributed by atoms with Gasteiger partial charge in [-0.25, -0.2) is 4.79 Å². The van der Waals surface area contributed by atoms with Crippen molar-refractivity contribution >= 4 is 5.97 Å². The van der Waals surface area contributed by atoms with E-state index < -0.39 is 24.2 Å². The van der Waals surface area contributed by atoms with Crippen molar-refractivity contribution < 1.29 is 28.2 Å². The molecule has 0 aromatic heterocycles. The molecule has 0 aliphatic heterocycles. The first-order valence-corrected chi connectivity index (χ1v) is 3.28. The molecular weight excluding hydrogens is 189 g/mol. The lowest BCUT2D eigenvalue weighted by Crippen LogP contribution is -2.52. The van der Waals surface area contributed by atoms with Gasteiger partial charge in [-0.15, -0.1) is 6.58 Å². The minimum Gasteiger partial charge on any atom is -0.479 e. The SMILES string of the molecule is C=C(C)CC(O)(C(=O)O)C(F)(F)F. The van der Waals surface area contributed by atoms with Crippen LogP contribution in [0.5, 0.6) is 0 Å². The van der Waals surface area contributed by atoms with Crippen LogP contribution < -0.4 is 0 Å². The Morgan fingerprint density at radius 3 is 1.92 bits per heavy atom. The maximum atomic E-state index is 12.0. The van der Waals surface area contributed by atoms with Gasteiger partial charge in [-0.05, 0) is 6.92 Å². The molecule has 0 spiro atoms. The second kappa shape index (κ2) is 3.37. The zero-order valence-electron chi connectivity index (χ0n) is 6.85. The Labute approximate surface area is 72.5 Å². The fourth-order valence-corrected chi connectivity index (χ4v) is 0.734. The molecule has 1 atom stereocenters. The van der Waals surface area contributed by atoms with E-state index in [1.54, 1.807) is 0 Å². The van der Waals surface area contributed by atoms with Crippen LogP contribution in [0.1, 0.15) is 13.3 Å². The van der Waals surface area contributed by atoms with E-state index in [1.807, 2.05) is 0 Å². The van der Waals surface area contributed by atoms with Crippen LogP contribution in [0, 0.1) is 0 Å². The van der Waals surface area contributed by atoms with Crippen LogP contribution in [0.25, 0.3) is 0 Å². The maximum absolute atomic E-state index is 12.0. The Balaban J connectivity index is 4.96. The Kier molecular flexibility index (Phi) is 3.10. The van der Waals surface area contributed by atoms with E-state index in [-0.39, 0.29) is 5.57 Å². The lowest BCUT2D eigenvalue weighted by atomic mass is 9.95. The van der Waals surface area contributed by atoms with Crippen molar-refractivity contribution in [3.63, 3.8) is 0 Å². The van der Waals surface area contributed by atoms with Gasteiger partial charge in [0.15, 0.2) is 0 Å². The second-order valence-corrected chi connectivity index (χ2v) is 2.80. The average molecular weight is 198 g/mol. The number of hydrogen-bond donors (Lipinski definition) is 2. The topological polar surface area (TPSA) is 57.5 Å². The van der Waals surface area contributed by atoms with E-state index in [0.29, 0.717) is 0 Å². The molecule has 6 heteroatoms. The summed E-state index contributed by atoms with van der Waals surface area (Å²) in [4.78, 5) is 10.2. The summed E-state index contributed by atoms with van der Waals surface area (Å²) in [5.41, 5.74) is -3.78. The van der Waals surface area contributed by atoms with Crippen LogP contribution >= 0.6 is 0 Å². The van der Waals surface area contributed by atoms with Crippen molar-refractivity contribution in [1.82, 2.24) is 0 Å². The number of carboxylic acid groups (broad SMARTS) is 1. The molecule has 0 aromatic carbocycles. The number of hydrogen-bond acceptors (Lipinski definition) is 2. The van der Waals surface area contributed by atoms with E-state index in [1.165, 1.54) is 6.92 Å². The first-order valence-electron chi connectivity index (χ1n) is 3.28. The zero-order valence-corrected chi connectivity index (χ0v) is 6.85. The molecule has 3 nitrogen and oxygen atoms in total. The Bertz CT molecular complexity index is 234. The predicted octanol–water partition coefficient (Wildman–Crippen LogP) is 1.33. The van der Waals surface area contributed by atoms with Gasteiger partial charge in [-0.3, -0.25) is 0 Å². The molecule has 0 rings (SSSR count). The van der Waals surface area contributed by atoms with Gasteiger partial charge in [0.25, 0.3) is 5.60 Å². The lowest BCUT2D eigenvalue weighted by Gasteiger charge is -2.25. The van der Waals surface area contributed by atoms with Crippen LogP contribution in [-0.4, -0.2) is 28.0 Å². The van der Waals surface area contributed by atoms with Crippen LogP contribution in [0.2, 0.25) is 0 Å². The highest BCUT2D eigenvalue weighted by Gasteiger charge is 2.59. The molecule has 0 bridgehead atoms. The largest absolute Gasteiger partial charge is 0.479 e. The van der Waals surface area contributed by atoms with E-state index in [9.17, 15) is 18.0 Å². The van der Waals surface area contributed by atoms with Gasteiger partial charge in [0, 0.05) is 6.42 Å². The number of carbonyl (C=O) groups is 1. The minimum absolute atomic E-state index is 0.0535. The summed E-state index contributed by atoms with van der Waals surface area (Å²) in [7, 11) is 0. The van der Waals surface area contributed by atoms with Gasteiger partial charge >= 0.3 is 12.1 Å². The molecule has 0 saturated heterocycles. The van der Waals surface area contributed by atoms with Gasteiger partial charge in [-0.1, -0.05) is 5.57 Å². The summed E-state index contributed by atoms with van der Waals surface area (Å²) in [6.45, 7) is 4.32. The number of rotatable bonds is 3. The quantitative estimate of drug-likeness (QED) is 0.672. The van der Waals surface area contributed by atoms with Crippen LogP contribution in [0.4, 0.5) is 13.2 Å². The third-order valence-electron chi connectivity index (χ3n) is 1.38. The van der Waals surface area contributed by atoms with Gasteiger partial charge in [0.2, 0.25) is 0 Å². The molecule has 0 aliphatic carbocycles. The summed E-state index contributed by atoms with van der Waals surface area (Å²) in [5, 5.41) is 17.0. The number of alkyl halides is 3. The molecule has 0 aromatic rings. The smallest absolute Gasteiger partial charge is 0.428 e. The molecule has 0 heterocycles. The molecule has 0 radical (unpaired) electrons. The number of aliphatic carboxylic acids is 1. The monoisotopic (exact) mass is 198 g/mol. The Hall–Kier alpha value is -1.04. The van der Waals surface area contributed by atoms with Crippen molar-refractivity contribution in [2.24, 2.45) is 0 Å². The lowest BCUT2D eigenvalue weighted by molar-refractivity contribution is -0.259. The summed E-state index contributed by atoms with van der Waals surface area (Å²) >= 11 is 0. The molecule has 0 amide bonds. The van der Waals surface area contributed by atoms with Crippen molar-refractivity contribution in [2.45, 2.75) is 25.1 Å². The van der Waals surface area contributed by atoms with E-state index in [0.717, 1.165) is 0 Å². The fourth-order valence-electron chi connectivity index (χ4n) is 0.734. The number of carboxylic acids is 1. The molecule has 13 heavy (non-hydrogen) atoms. The number of halogens is 3. The maximum Gasteiger partial charge on any atom is 0.428 e. The third-order valence-corrected chi connectivity index (χ3v) is 1.38. The van der Waals surface area contributed by atoms with E-state index in [2.05, 4.69) is 6.58 Å². The zero-order chi connectivity index (χ0) is 10.9. The van der Waals surface area contributed by atoms with Crippen molar-refractivity contribution in [3.8, 4) is 0 Å². The normalized spacial score (nSPS) is 16.4. The fraction of sp³-hybridized carbons (Fsp3) is 0.571. The van der Waals surface area contributed by atoms with Crippen LogP contribution in [0.3, 0.4) is 0 Å². The van der Waals surface area contributed by atoms with Gasteiger partial charge < -0.3 is 10.2 Å². The summed E-state index contributed by atoms with van der Waals surface area (Å²) in [6.07, 6.45) is -6.23. The number of aliphatic hydroxyl groups is 1. The molecule has 0 saturated carbocycles. The van der Waals surface area contributed by atoms with E-state index in [4.69, 9.17) is 10.2 Å². The molecule has 76 valence electrons. The van der Waals surface area contributed by atoms with Gasteiger partial charge in [0.05, 0.1) is 0 Å². The molecule has 0 aliphatic rings. The molecular formula is C7H9F3O3.